The van der Waals surface area contributed by atoms with Gasteiger partial charge in [0.15, 0.2) is 0 Å². The van der Waals surface area contributed by atoms with Crippen LogP contribution < -0.4 is 10.2 Å². The van der Waals surface area contributed by atoms with Gasteiger partial charge in [0.2, 0.25) is 5.95 Å². The molecule has 120 valence electrons. The summed E-state index contributed by atoms with van der Waals surface area (Å²) in [5.74, 6) is 6.79. The van der Waals surface area contributed by atoms with E-state index in [2.05, 4.69) is 44.8 Å². The number of thioether (sulfide) groups is 2. The van der Waals surface area contributed by atoms with Crippen molar-refractivity contribution in [2.75, 3.05) is 41.0 Å². The summed E-state index contributed by atoms with van der Waals surface area (Å²) in [5.41, 5.74) is 1.25. The van der Waals surface area contributed by atoms with Crippen LogP contribution in [0.25, 0.3) is 0 Å². The highest BCUT2D eigenvalue weighted by molar-refractivity contribution is 8.03. The molecule has 1 saturated carbocycles. The summed E-state index contributed by atoms with van der Waals surface area (Å²) in [6.07, 6.45) is 5.76. The van der Waals surface area contributed by atoms with Crippen LogP contribution in [-0.4, -0.2) is 58.2 Å². The monoisotopic (exact) mass is 336 g/mol. The van der Waals surface area contributed by atoms with Crippen LogP contribution in [-0.2, 0) is 0 Å². The third kappa shape index (κ3) is 3.71. The van der Waals surface area contributed by atoms with Gasteiger partial charge in [0, 0.05) is 66.0 Å². The third-order valence-corrected chi connectivity index (χ3v) is 7.13. The van der Waals surface area contributed by atoms with Gasteiger partial charge >= 0.3 is 0 Å². The van der Waals surface area contributed by atoms with Gasteiger partial charge in [0.05, 0.1) is 0 Å². The second-order valence-corrected chi connectivity index (χ2v) is 8.80. The first-order valence-electron chi connectivity index (χ1n) is 8.38. The minimum atomic E-state index is 0.595. The van der Waals surface area contributed by atoms with Gasteiger partial charge in [-0.1, -0.05) is 0 Å². The van der Waals surface area contributed by atoms with Crippen molar-refractivity contribution >= 4 is 29.5 Å². The van der Waals surface area contributed by atoms with Crippen LogP contribution in [0.5, 0.6) is 0 Å². The summed E-state index contributed by atoms with van der Waals surface area (Å²) in [6.45, 7) is 2.14. The van der Waals surface area contributed by atoms with E-state index in [4.69, 9.17) is 4.98 Å². The number of nitrogens with zero attached hydrogens (tertiary/aromatic N) is 3. The molecule has 4 nitrogen and oxygen atoms in total. The molecule has 2 aliphatic heterocycles. The van der Waals surface area contributed by atoms with Crippen LogP contribution >= 0.6 is 23.5 Å². The van der Waals surface area contributed by atoms with E-state index in [1.165, 1.54) is 48.0 Å². The molecule has 3 aliphatic rings. The fourth-order valence-electron chi connectivity index (χ4n) is 3.25. The van der Waals surface area contributed by atoms with Crippen LogP contribution in [0, 0.1) is 0 Å². The fraction of sp³-hybridized carbons (Fsp3) is 0.750. The molecule has 22 heavy (non-hydrogen) atoms. The molecule has 3 heterocycles. The van der Waals surface area contributed by atoms with Crippen molar-refractivity contribution in [2.45, 2.75) is 37.3 Å². The maximum atomic E-state index is 4.79. The molecule has 1 N–H and O–H groups in total. The van der Waals surface area contributed by atoms with E-state index in [1.807, 2.05) is 6.20 Å². The molecular formula is C16H24N4S2. The van der Waals surface area contributed by atoms with Crippen molar-refractivity contribution in [1.29, 1.82) is 0 Å². The lowest BCUT2D eigenvalue weighted by molar-refractivity contribution is 0.501. The van der Waals surface area contributed by atoms with Crippen LogP contribution in [0.15, 0.2) is 12.3 Å². The summed E-state index contributed by atoms with van der Waals surface area (Å²) in [5, 5.41) is 3.87. The summed E-state index contributed by atoms with van der Waals surface area (Å²) >= 11 is 4.19. The maximum absolute atomic E-state index is 4.79. The van der Waals surface area contributed by atoms with Crippen LogP contribution in [0.2, 0.25) is 0 Å². The van der Waals surface area contributed by atoms with Crippen LogP contribution in [0.1, 0.15) is 30.9 Å². The topological polar surface area (TPSA) is 41.1 Å². The van der Waals surface area contributed by atoms with Gasteiger partial charge < -0.3 is 10.2 Å². The lowest BCUT2D eigenvalue weighted by Crippen LogP contribution is -2.42. The number of hydrogen-bond donors (Lipinski definition) is 1. The first-order chi connectivity index (χ1) is 10.9. The summed E-state index contributed by atoms with van der Waals surface area (Å²) in [4.78, 5) is 11.7. The molecule has 1 unspecified atom stereocenters. The molecule has 1 aromatic rings. The molecule has 0 amide bonds. The zero-order valence-electron chi connectivity index (χ0n) is 12.9. The lowest BCUT2D eigenvalue weighted by Gasteiger charge is -2.21. The lowest BCUT2D eigenvalue weighted by atomic mass is 10.2. The molecule has 1 aliphatic carbocycles. The Morgan fingerprint density at radius 2 is 1.91 bits per heavy atom. The van der Waals surface area contributed by atoms with Crippen molar-refractivity contribution in [2.24, 2.45) is 0 Å². The third-order valence-electron chi connectivity index (χ3n) is 4.61. The van der Waals surface area contributed by atoms with Crippen molar-refractivity contribution < 1.29 is 0 Å². The van der Waals surface area contributed by atoms with Crippen molar-refractivity contribution in [3.63, 3.8) is 0 Å². The molecule has 3 fully saturated rings. The Balaban J connectivity index is 1.34. The Morgan fingerprint density at radius 1 is 1.09 bits per heavy atom. The SMILES string of the molecule is c1cc(C2CC2)nc(N2CCC(NC3CSCCSC3)C2)n1. The van der Waals surface area contributed by atoms with Crippen molar-refractivity contribution in [3.8, 4) is 0 Å². The number of hydrogen-bond acceptors (Lipinski definition) is 6. The van der Waals surface area contributed by atoms with Gasteiger partial charge in [0.25, 0.3) is 0 Å². The average Bonchev–Trinajstić information content (AvgIpc) is 3.33. The highest BCUT2D eigenvalue weighted by Gasteiger charge is 2.29. The molecule has 0 aromatic carbocycles. The normalized spacial score (nSPS) is 27.1. The Bertz CT molecular complexity index is 501. The average molecular weight is 337 g/mol. The van der Waals surface area contributed by atoms with E-state index >= 15 is 0 Å². The standard InChI is InChI=1S/C16H24N4S2/c1-2-12(1)15-3-5-17-16(19-15)20-6-4-13(9-20)18-14-10-21-7-8-22-11-14/h3,5,12-14,18H,1-2,4,6-11H2. The molecule has 0 bridgehead atoms. The number of nitrogens with one attached hydrogen (secondary N) is 1. The van der Waals surface area contributed by atoms with Gasteiger partial charge in [-0.25, -0.2) is 9.97 Å². The zero-order valence-corrected chi connectivity index (χ0v) is 14.5. The molecule has 0 radical (unpaired) electrons. The Morgan fingerprint density at radius 3 is 2.68 bits per heavy atom. The molecule has 1 atom stereocenters. The van der Waals surface area contributed by atoms with E-state index < -0.39 is 0 Å². The van der Waals surface area contributed by atoms with E-state index in [-0.39, 0.29) is 0 Å². The quantitative estimate of drug-likeness (QED) is 0.910. The zero-order chi connectivity index (χ0) is 14.8. The largest absolute Gasteiger partial charge is 0.339 e. The van der Waals surface area contributed by atoms with Gasteiger partial charge in [-0.05, 0) is 25.3 Å². The molecular weight excluding hydrogens is 312 g/mol. The van der Waals surface area contributed by atoms with Gasteiger partial charge in [0.1, 0.15) is 0 Å². The smallest absolute Gasteiger partial charge is 0.225 e. The summed E-state index contributed by atoms with van der Waals surface area (Å²) in [7, 11) is 0. The number of anilines is 1. The predicted octanol–water partition coefficient (Wildman–Crippen LogP) is 2.37. The fourth-order valence-corrected chi connectivity index (χ4v) is 5.67. The Labute approximate surface area is 141 Å². The molecule has 6 heteroatoms. The first kappa shape index (κ1) is 15.1. The van der Waals surface area contributed by atoms with E-state index in [0.717, 1.165) is 19.0 Å². The first-order valence-corrected chi connectivity index (χ1v) is 10.7. The highest BCUT2D eigenvalue weighted by atomic mass is 32.2. The minimum Gasteiger partial charge on any atom is -0.339 e. The van der Waals surface area contributed by atoms with Crippen molar-refractivity contribution in [3.05, 3.63) is 18.0 Å². The number of aromatic nitrogens is 2. The highest BCUT2D eigenvalue weighted by Crippen LogP contribution is 2.39. The second kappa shape index (κ2) is 6.97. The number of rotatable bonds is 4. The van der Waals surface area contributed by atoms with Crippen LogP contribution in [0.3, 0.4) is 0 Å². The maximum Gasteiger partial charge on any atom is 0.225 e. The van der Waals surface area contributed by atoms with Crippen molar-refractivity contribution in [1.82, 2.24) is 15.3 Å². The molecule has 0 spiro atoms. The summed E-state index contributed by atoms with van der Waals surface area (Å²) in [6, 6.07) is 3.35. The van der Waals surface area contributed by atoms with E-state index in [1.54, 1.807) is 0 Å². The summed E-state index contributed by atoms with van der Waals surface area (Å²) < 4.78 is 0. The molecule has 2 saturated heterocycles. The Kier molecular flexibility index (Phi) is 4.78. The minimum absolute atomic E-state index is 0.595. The van der Waals surface area contributed by atoms with E-state index in [9.17, 15) is 0 Å². The van der Waals surface area contributed by atoms with Gasteiger partial charge in [-0.3, -0.25) is 0 Å². The van der Waals surface area contributed by atoms with Crippen LogP contribution in [0.4, 0.5) is 5.95 Å². The second-order valence-electron chi connectivity index (χ2n) is 6.50. The van der Waals surface area contributed by atoms with Gasteiger partial charge in [-0.2, -0.15) is 23.5 Å². The molecule has 1 aromatic heterocycles. The molecule has 4 rings (SSSR count). The Hall–Kier alpha value is -0.460. The van der Waals surface area contributed by atoms with E-state index in [0.29, 0.717) is 18.0 Å². The van der Waals surface area contributed by atoms with Gasteiger partial charge in [-0.15, -0.1) is 0 Å². The predicted molar refractivity (Wildman–Crippen MR) is 96.2 cm³/mol.